The molecule has 0 atom stereocenters. The zero-order chi connectivity index (χ0) is 14.7. The summed E-state index contributed by atoms with van der Waals surface area (Å²) < 4.78 is 0. The third kappa shape index (κ3) is 2.84. The van der Waals surface area contributed by atoms with Crippen LogP contribution in [0.15, 0.2) is 42.7 Å². The Balaban J connectivity index is 1.82. The third-order valence-electron chi connectivity index (χ3n) is 4.38. The predicted molar refractivity (Wildman–Crippen MR) is 85.1 cm³/mol. The molecule has 2 aromatic rings. The van der Waals surface area contributed by atoms with Crippen LogP contribution in [0.4, 0.5) is 0 Å². The Morgan fingerprint density at radius 1 is 1.10 bits per heavy atom. The van der Waals surface area contributed by atoms with Crippen molar-refractivity contribution >= 4 is 0 Å². The van der Waals surface area contributed by atoms with E-state index in [1.807, 2.05) is 12.4 Å². The summed E-state index contributed by atoms with van der Waals surface area (Å²) in [6, 6.07) is 11.2. The molecule has 0 bridgehead atoms. The van der Waals surface area contributed by atoms with Crippen LogP contribution in [-0.2, 0) is 12.0 Å². The van der Waals surface area contributed by atoms with Crippen LogP contribution >= 0.6 is 0 Å². The van der Waals surface area contributed by atoms with Gasteiger partial charge in [0.2, 0.25) is 0 Å². The lowest BCUT2D eigenvalue weighted by molar-refractivity contribution is 0.285. The van der Waals surface area contributed by atoms with Gasteiger partial charge in [0.1, 0.15) is 5.82 Å². The maximum atomic E-state index is 4.68. The number of hydrogen-bond acceptors (Lipinski definition) is 3. The van der Waals surface area contributed by atoms with Gasteiger partial charge >= 0.3 is 0 Å². The SMILES string of the molecule is CC(C)NCc1cnc(C2(c3ccccc3)CCC2)nc1. The molecule has 110 valence electrons. The van der Waals surface area contributed by atoms with Crippen molar-refractivity contribution in [3.05, 3.63) is 59.7 Å². The van der Waals surface area contributed by atoms with Gasteiger partial charge in [-0.15, -0.1) is 0 Å². The molecule has 1 aliphatic carbocycles. The molecule has 1 N–H and O–H groups in total. The van der Waals surface area contributed by atoms with Gasteiger partial charge in [-0.3, -0.25) is 0 Å². The molecule has 3 heteroatoms. The predicted octanol–water partition coefficient (Wildman–Crippen LogP) is 3.44. The quantitative estimate of drug-likeness (QED) is 0.912. The van der Waals surface area contributed by atoms with Crippen LogP contribution in [0.2, 0.25) is 0 Å². The molecule has 1 aromatic heterocycles. The molecule has 3 nitrogen and oxygen atoms in total. The summed E-state index contributed by atoms with van der Waals surface area (Å²) in [5.41, 5.74) is 2.55. The maximum absolute atomic E-state index is 4.68. The lowest BCUT2D eigenvalue weighted by Gasteiger charge is -2.40. The topological polar surface area (TPSA) is 37.8 Å². The normalized spacial score (nSPS) is 16.7. The summed E-state index contributed by atoms with van der Waals surface area (Å²) in [6.07, 6.45) is 7.51. The molecule has 21 heavy (non-hydrogen) atoms. The Kier molecular flexibility index (Phi) is 4.02. The van der Waals surface area contributed by atoms with Crippen molar-refractivity contribution < 1.29 is 0 Å². The van der Waals surface area contributed by atoms with Crippen molar-refractivity contribution in [1.82, 2.24) is 15.3 Å². The van der Waals surface area contributed by atoms with E-state index in [1.165, 1.54) is 12.0 Å². The largest absolute Gasteiger partial charge is 0.310 e. The molecule has 0 amide bonds. The van der Waals surface area contributed by atoms with Crippen molar-refractivity contribution in [3.8, 4) is 0 Å². The van der Waals surface area contributed by atoms with Gasteiger partial charge in [0, 0.05) is 30.5 Å². The Morgan fingerprint density at radius 3 is 2.29 bits per heavy atom. The van der Waals surface area contributed by atoms with Crippen LogP contribution in [0.25, 0.3) is 0 Å². The van der Waals surface area contributed by atoms with Crippen molar-refractivity contribution in [2.24, 2.45) is 0 Å². The minimum absolute atomic E-state index is 0.0469. The van der Waals surface area contributed by atoms with Crippen molar-refractivity contribution in [3.63, 3.8) is 0 Å². The summed E-state index contributed by atoms with van der Waals surface area (Å²) in [6.45, 7) is 5.12. The first-order chi connectivity index (χ1) is 10.2. The molecule has 0 aliphatic heterocycles. The molecular formula is C18H23N3. The van der Waals surface area contributed by atoms with Gasteiger partial charge in [-0.2, -0.15) is 0 Å². The second-order valence-electron chi connectivity index (χ2n) is 6.25. The first-order valence-corrected chi connectivity index (χ1v) is 7.81. The van der Waals surface area contributed by atoms with Crippen LogP contribution in [0.1, 0.15) is 50.1 Å². The third-order valence-corrected chi connectivity index (χ3v) is 4.38. The van der Waals surface area contributed by atoms with Gasteiger partial charge in [0.15, 0.2) is 0 Å². The van der Waals surface area contributed by atoms with E-state index < -0.39 is 0 Å². The second-order valence-corrected chi connectivity index (χ2v) is 6.25. The average Bonchev–Trinajstić information content (AvgIpc) is 2.46. The van der Waals surface area contributed by atoms with Crippen molar-refractivity contribution in [2.75, 3.05) is 0 Å². The minimum Gasteiger partial charge on any atom is -0.310 e. The van der Waals surface area contributed by atoms with Crippen LogP contribution < -0.4 is 5.32 Å². The molecule has 1 aromatic carbocycles. The Hall–Kier alpha value is -1.74. The highest BCUT2D eigenvalue weighted by molar-refractivity contribution is 5.35. The van der Waals surface area contributed by atoms with Gasteiger partial charge in [-0.25, -0.2) is 9.97 Å². The van der Waals surface area contributed by atoms with E-state index >= 15 is 0 Å². The fourth-order valence-corrected chi connectivity index (χ4v) is 2.94. The van der Waals surface area contributed by atoms with E-state index in [0.29, 0.717) is 6.04 Å². The van der Waals surface area contributed by atoms with Crippen LogP contribution in [-0.4, -0.2) is 16.0 Å². The Morgan fingerprint density at radius 2 is 1.76 bits per heavy atom. The molecule has 0 radical (unpaired) electrons. The molecule has 0 spiro atoms. The number of aromatic nitrogens is 2. The molecular weight excluding hydrogens is 258 g/mol. The van der Waals surface area contributed by atoms with E-state index in [9.17, 15) is 0 Å². The number of nitrogens with zero attached hydrogens (tertiary/aromatic N) is 2. The molecule has 1 aliphatic rings. The molecule has 0 unspecified atom stereocenters. The Labute approximate surface area is 126 Å². The first-order valence-electron chi connectivity index (χ1n) is 7.81. The van der Waals surface area contributed by atoms with Gasteiger partial charge in [-0.05, 0) is 18.4 Å². The first kappa shape index (κ1) is 14.2. The zero-order valence-corrected chi connectivity index (χ0v) is 12.8. The zero-order valence-electron chi connectivity index (χ0n) is 12.8. The molecule has 1 saturated carbocycles. The molecule has 3 rings (SSSR count). The van der Waals surface area contributed by atoms with E-state index in [0.717, 1.165) is 30.8 Å². The van der Waals surface area contributed by atoms with Crippen LogP contribution in [0.5, 0.6) is 0 Å². The minimum atomic E-state index is 0.0469. The molecule has 0 saturated heterocycles. The van der Waals surface area contributed by atoms with Gasteiger partial charge in [-0.1, -0.05) is 50.6 Å². The fraction of sp³-hybridized carbons (Fsp3) is 0.444. The summed E-state index contributed by atoms with van der Waals surface area (Å²) in [7, 11) is 0. The summed E-state index contributed by atoms with van der Waals surface area (Å²) in [5, 5.41) is 3.40. The highest BCUT2D eigenvalue weighted by Gasteiger charge is 2.42. The number of benzene rings is 1. The number of rotatable bonds is 5. The van der Waals surface area contributed by atoms with E-state index in [2.05, 4.69) is 59.5 Å². The van der Waals surface area contributed by atoms with Gasteiger partial charge in [0.05, 0.1) is 5.41 Å². The monoisotopic (exact) mass is 281 g/mol. The number of nitrogens with one attached hydrogen (secondary N) is 1. The standard InChI is InChI=1S/C18H23N3/c1-14(2)19-11-15-12-20-17(21-13-15)18(9-6-10-18)16-7-4-3-5-8-16/h3-5,7-8,12-14,19H,6,9-11H2,1-2H3. The van der Waals surface area contributed by atoms with Crippen molar-refractivity contribution in [1.29, 1.82) is 0 Å². The molecule has 1 fully saturated rings. The molecule has 1 heterocycles. The Bertz CT molecular complexity index is 571. The highest BCUT2D eigenvalue weighted by atomic mass is 14.9. The average molecular weight is 281 g/mol. The van der Waals surface area contributed by atoms with E-state index in [4.69, 9.17) is 0 Å². The fourth-order valence-electron chi connectivity index (χ4n) is 2.94. The lowest BCUT2D eigenvalue weighted by atomic mass is 9.64. The smallest absolute Gasteiger partial charge is 0.138 e. The van der Waals surface area contributed by atoms with Gasteiger partial charge in [0.25, 0.3) is 0 Å². The summed E-state index contributed by atoms with van der Waals surface area (Å²) >= 11 is 0. The van der Waals surface area contributed by atoms with E-state index in [1.54, 1.807) is 0 Å². The lowest BCUT2D eigenvalue weighted by Crippen LogP contribution is -2.37. The number of hydrogen-bond donors (Lipinski definition) is 1. The second kappa shape index (κ2) is 5.94. The van der Waals surface area contributed by atoms with Crippen LogP contribution in [0.3, 0.4) is 0 Å². The van der Waals surface area contributed by atoms with E-state index in [-0.39, 0.29) is 5.41 Å². The van der Waals surface area contributed by atoms with Crippen molar-refractivity contribution in [2.45, 2.75) is 51.1 Å². The van der Waals surface area contributed by atoms with Gasteiger partial charge < -0.3 is 5.32 Å². The van der Waals surface area contributed by atoms with Crippen LogP contribution in [0, 0.1) is 0 Å². The summed E-state index contributed by atoms with van der Waals surface area (Å²) in [4.78, 5) is 9.35. The summed E-state index contributed by atoms with van der Waals surface area (Å²) in [5.74, 6) is 0.980. The highest BCUT2D eigenvalue weighted by Crippen LogP contribution is 2.47. The maximum Gasteiger partial charge on any atom is 0.138 e.